The van der Waals surface area contributed by atoms with E-state index in [0.717, 1.165) is 21.8 Å². The van der Waals surface area contributed by atoms with E-state index in [-0.39, 0.29) is 30.7 Å². The summed E-state index contributed by atoms with van der Waals surface area (Å²) < 4.78 is 0.300. The van der Waals surface area contributed by atoms with Crippen molar-refractivity contribution in [3.8, 4) is 0 Å². The van der Waals surface area contributed by atoms with Gasteiger partial charge < -0.3 is 10.2 Å². The third kappa shape index (κ3) is 3.47. The summed E-state index contributed by atoms with van der Waals surface area (Å²) in [6, 6.07) is 1.25. The second-order valence-corrected chi connectivity index (χ2v) is 8.88. The van der Waals surface area contributed by atoms with Gasteiger partial charge in [-0.05, 0) is 18.1 Å². The average molecular weight is 425 g/mol. The Balaban J connectivity index is 1.40. The fraction of sp³-hybridized carbons (Fsp3) is 0.312. The van der Waals surface area contributed by atoms with Gasteiger partial charge in [0.1, 0.15) is 10.9 Å². The SMILES string of the molecule is O=C1CCC(N2Cc3cc(CNC(=O)c4cnc(Cl)s4)sc3C2=O)C(=O)N1. The van der Waals surface area contributed by atoms with Crippen LogP contribution in [-0.4, -0.2) is 39.6 Å². The highest BCUT2D eigenvalue weighted by atomic mass is 35.5. The predicted octanol–water partition coefficient (Wildman–Crippen LogP) is 1.55. The second kappa shape index (κ2) is 7.02. The summed E-state index contributed by atoms with van der Waals surface area (Å²) in [7, 11) is 0. The van der Waals surface area contributed by atoms with Crippen molar-refractivity contribution in [2.75, 3.05) is 0 Å². The molecule has 1 fully saturated rings. The molecule has 11 heteroatoms. The topological polar surface area (TPSA) is 108 Å². The monoisotopic (exact) mass is 424 g/mol. The number of hydrogen-bond acceptors (Lipinski definition) is 7. The van der Waals surface area contributed by atoms with E-state index in [1.165, 1.54) is 22.4 Å². The van der Waals surface area contributed by atoms with Crippen molar-refractivity contribution < 1.29 is 19.2 Å². The van der Waals surface area contributed by atoms with Crippen LogP contribution in [0.5, 0.6) is 0 Å². The molecule has 1 saturated heterocycles. The summed E-state index contributed by atoms with van der Waals surface area (Å²) in [5, 5.41) is 5.05. The smallest absolute Gasteiger partial charge is 0.265 e. The summed E-state index contributed by atoms with van der Waals surface area (Å²) in [5.41, 5.74) is 0.833. The first-order valence-electron chi connectivity index (χ1n) is 8.08. The summed E-state index contributed by atoms with van der Waals surface area (Å²) in [6.45, 7) is 0.618. The van der Waals surface area contributed by atoms with Crippen molar-refractivity contribution in [1.82, 2.24) is 20.5 Å². The van der Waals surface area contributed by atoms with Gasteiger partial charge in [-0.1, -0.05) is 22.9 Å². The van der Waals surface area contributed by atoms with E-state index in [9.17, 15) is 19.2 Å². The summed E-state index contributed by atoms with van der Waals surface area (Å²) in [4.78, 5) is 55.2. The van der Waals surface area contributed by atoms with Gasteiger partial charge in [-0.3, -0.25) is 24.5 Å². The van der Waals surface area contributed by atoms with E-state index < -0.39 is 11.9 Å². The Hall–Kier alpha value is -2.30. The zero-order valence-corrected chi connectivity index (χ0v) is 16.2. The van der Waals surface area contributed by atoms with Crippen LogP contribution in [0.25, 0.3) is 0 Å². The quantitative estimate of drug-likeness (QED) is 0.724. The Bertz CT molecular complexity index is 970. The third-order valence-electron chi connectivity index (χ3n) is 4.37. The Labute approximate surface area is 166 Å². The van der Waals surface area contributed by atoms with Crippen molar-refractivity contribution in [2.45, 2.75) is 32.0 Å². The molecule has 2 aromatic heterocycles. The number of thiophene rings is 1. The molecule has 1 unspecified atom stereocenters. The molecule has 27 heavy (non-hydrogen) atoms. The van der Waals surface area contributed by atoms with Crippen molar-refractivity contribution in [2.24, 2.45) is 0 Å². The first-order chi connectivity index (χ1) is 12.9. The van der Waals surface area contributed by atoms with E-state index in [0.29, 0.717) is 27.2 Å². The van der Waals surface area contributed by atoms with Gasteiger partial charge in [0.2, 0.25) is 11.8 Å². The van der Waals surface area contributed by atoms with Gasteiger partial charge in [-0.25, -0.2) is 4.98 Å². The van der Waals surface area contributed by atoms with Crippen molar-refractivity contribution in [3.05, 3.63) is 36.9 Å². The number of carbonyl (C=O) groups excluding carboxylic acids is 4. The van der Waals surface area contributed by atoms with E-state index in [4.69, 9.17) is 11.6 Å². The number of hydrogen-bond donors (Lipinski definition) is 2. The largest absolute Gasteiger partial charge is 0.346 e. The van der Waals surface area contributed by atoms with E-state index in [2.05, 4.69) is 15.6 Å². The minimum absolute atomic E-state index is 0.212. The van der Waals surface area contributed by atoms with Crippen molar-refractivity contribution >= 4 is 57.9 Å². The first-order valence-corrected chi connectivity index (χ1v) is 10.1. The second-order valence-electron chi connectivity index (χ2n) is 6.13. The lowest BCUT2D eigenvalue weighted by Gasteiger charge is -2.29. The molecule has 140 valence electrons. The zero-order chi connectivity index (χ0) is 19.1. The zero-order valence-electron chi connectivity index (χ0n) is 13.8. The van der Waals surface area contributed by atoms with Gasteiger partial charge in [0.25, 0.3) is 11.8 Å². The number of thiazole rings is 1. The lowest BCUT2D eigenvalue weighted by Crippen LogP contribution is -2.52. The molecule has 1 atom stereocenters. The summed E-state index contributed by atoms with van der Waals surface area (Å²) in [6.07, 6.45) is 1.98. The van der Waals surface area contributed by atoms with Gasteiger partial charge in [0.05, 0.1) is 17.6 Å². The van der Waals surface area contributed by atoms with Gasteiger partial charge >= 0.3 is 0 Å². The molecule has 2 N–H and O–H groups in total. The maximum absolute atomic E-state index is 12.7. The van der Waals surface area contributed by atoms with Crippen molar-refractivity contribution in [1.29, 1.82) is 0 Å². The molecular weight excluding hydrogens is 412 g/mol. The van der Waals surface area contributed by atoms with E-state index in [1.807, 2.05) is 6.07 Å². The minimum Gasteiger partial charge on any atom is -0.346 e. The van der Waals surface area contributed by atoms with Crippen LogP contribution >= 0.6 is 34.3 Å². The van der Waals surface area contributed by atoms with Crippen LogP contribution in [0.3, 0.4) is 0 Å². The molecule has 0 aliphatic carbocycles. The van der Waals surface area contributed by atoms with E-state index in [1.54, 1.807) is 0 Å². The number of nitrogens with one attached hydrogen (secondary N) is 2. The van der Waals surface area contributed by atoms with E-state index >= 15 is 0 Å². The number of halogens is 1. The highest BCUT2D eigenvalue weighted by Gasteiger charge is 2.40. The molecule has 2 aliphatic rings. The fourth-order valence-corrected chi connectivity index (χ4v) is 5.02. The summed E-state index contributed by atoms with van der Waals surface area (Å²) >= 11 is 8.12. The highest BCUT2D eigenvalue weighted by molar-refractivity contribution is 7.17. The molecule has 0 aromatic carbocycles. The number of aromatic nitrogens is 1. The molecule has 4 rings (SSSR count). The van der Waals surface area contributed by atoms with Crippen LogP contribution in [0.4, 0.5) is 0 Å². The number of fused-ring (bicyclic) bond motifs is 1. The molecule has 8 nitrogen and oxygen atoms in total. The van der Waals surface area contributed by atoms with Crippen molar-refractivity contribution in [3.63, 3.8) is 0 Å². The predicted molar refractivity (Wildman–Crippen MR) is 98.7 cm³/mol. The third-order valence-corrected chi connectivity index (χ3v) is 6.65. The maximum Gasteiger partial charge on any atom is 0.265 e. The molecule has 0 spiro atoms. The van der Waals surface area contributed by atoms with Gasteiger partial charge in [0.15, 0.2) is 4.47 Å². The standard InChI is InChI=1S/C16H13ClN4O4S2/c17-16-19-5-10(27-16)14(24)18-4-8-3-7-6-21(15(25)12(7)26-8)9-1-2-11(22)20-13(9)23/h3,5,9H,1-2,4,6H2,(H,18,24)(H,20,22,23). The van der Waals surface area contributed by atoms with Crippen LogP contribution in [0.15, 0.2) is 12.3 Å². The molecule has 0 radical (unpaired) electrons. The van der Waals surface area contributed by atoms with Crippen LogP contribution in [-0.2, 0) is 22.7 Å². The molecule has 0 saturated carbocycles. The van der Waals surface area contributed by atoms with Crippen LogP contribution in [0, 0.1) is 0 Å². The van der Waals surface area contributed by atoms with Crippen LogP contribution in [0.2, 0.25) is 4.47 Å². The molecular formula is C16H13ClN4O4S2. The molecule has 4 amide bonds. The van der Waals surface area contributed by atoms with Gasteiger partial charge in [-0.2, -0.15) is 0 Å². The number of piperidine rings is 1. The lowest BCUT2D eigenvalue weighted by atomic mass is 10.0. The normalized spacial score (nSPS) is 19.2. The van der Waals surface area contributed by atoms with Gasteiger partial charge in [0, 0.05) is 17.8 Å². The lowest BCUT2D eigenvalue weighted by molar-refractivity contribution is -0.136. The average Bonchev–Trinajstić information content (AvgIpc) is 3.30. The summed E-state index contributed by atoms with van der Waals surface area (Å²) in [5.74, 6) is -1.22. The van der Waals surface area contributed by atoms with Crippen LogP contribution < -0.4 is 10.6 Å². The number of carbonyl (C=O) groups is 4. The fourth-order valence-electron chi connectivity index (χ4n) is 3.10. The van der Waals surface area contributed by atoms with Crippen LogP contribution in [0.1, 0.15) is 42.6 Å². The Morgan fingerprint density at radius 1 is 1.37 bits per heavy atom. The Morgan fingerprint density at radius 3 is 2.85 bits per heavy atom. The number of rotatable bonds is 4. The number of imide groups is 1. The molecule has 4 heterocycles. The minimum atomic E-state index is -0.617. The Morgan fingerprint density at radius 2 is 2.19 bits per heavy atom. The molecule has 0 bridgehead atoms. The molecule has 2 aromatic rings. The first kappa shape index (κ1) is 18.1. The van der Waals surface area contributed by atoms with Gasteiger partial charge in [-0.15, -0.1) is 11.3 Å². The maximum atomic E-state index is 12.7. The highest BCUT2D eigenvalue weighted by Crippen LogP contribution is 2.33. The Kier molecular flexibility index (Phi) is 4.70. The number of nitrogens with zero attached hydrogens (tertiary/aromatic N) is 2. The number of amides is 4. The molecule has 2 aliphatic heterocycles.